The third-order valence-corrected chi connectivity index (χ3v) is 3.04. The number of hydrogen-bond acceptors (Lipinski definition) is 4. The minimum absolute atomic E-state index is 0.482. The van der Waals surface area contributed by atoms with E-state index in [1.807, 2.05) is 73.7 Å². The lowest BCUT2D eigenvalue weighted by molar-refractivity contribution is 1.03. The molecule has 1 aromatic heterocycles. The molecule has 0 saturated carbocycles. The molecule has 2 N–H and O–H groups in total. The second-order valence-corrected chi connectivity index (χ2v) is 4.89. The lowest BCUT2D eigenvalue weighted by atomic mass is 10.2. The van der Waals surface area contributed by atoms with Crippen molar-refractivity contribution in [2.45, 2.75) is 6.92 Å². The summed E-state index contributed by atoms with van der Waals surface area (Å²) in [4.78, 5) is 0. The SMILES string of the molecule is Cc1cc(N=N/C(=N\Nc2ccccc2)c2ccccc2)n[nH]1. The second-order valence-electron chi connectivity index (χ2n) is 4.89. The smallest absolute Gasteiger partial charge is 0.201 e. The van der Waals surface area contributed by atoms with Crippen molar-refractivity contribution in [1.82, 2.24) is 10.2 Å². The number of hydrazone groups is 1. The van der Waals surface area contributed by atoms with Gasteiger partial charge in [0.15, 0.2) is 5.82 Å². The van der Waals surface area contributed by atoms with E-state index in [1.165, 1.54) is 0 Å². The topological polar surface area (TPSA) is 77.8 Å². The predicted octanol–water partition coefficient (Wildman–Crippen LogP) is 4.28. The largest absolute Gasteiger partial charge is 0.281 e. The summed E-state index contributed by atoms with van der Waals surface area (Å²) in [5, 5.41) is 19.6. The fourth-order valence-corrected chi connectivity index (χ4v) is 1.92. The summed E-state index contributed by atoms with van der Waals surface area (Å²) in [6.07, 6.45) is 0. The minimum Gasteiger partial charge on any atom is -0.281 e. The Morgan fingerprint density at radius 2 is 1.70 bits per heavy atom. The number of nitrogens with one attached hydrogen (secondary N) is 2. The zero-order valence-electron chi connectivity index (χ0n) is 12.6. The van der Waals surface area contributed by atoms with E-state index < -0.39 is 0 Å². The van der Waals surface area contributed by atoms with Gasteiger partial charge in [0.2, 0.25) is 5.84 Å². The van der Waals surface area contributed by atoms with Gasteiger partial charge < -0.3 is 0 Å². The number of hydrogen-bond donors (Lipinski definition) is 2. The van der Waals surface area contributed by atoms with E-state index >= 15 is 0 Å². The van der Waals surface area contributed by atoms with E-state index in [4.69, 9.17) is 0 Å². The number of benzene rings is 2. The van der Waals surface area contributed by atoms with Gasteiger partial charge in [-0.25, -0.2) is 0 Å². The first-order valence-electron chi connectivity index (χ1n) is 7.19. The molecule has 0 spiro atoms. The van der Waals surface area contributed by atoms with Gasteiger partial charge in [-0.05, 0) is 19.1 Å². The Balaban J connectivity index is 1.86. The number of para-hydroxylation sites is 1. The molecule has 3 rings (SSSR count). The first-order chi connectivity index (χ1) is 11.3. The number of anilines is 1. The van der Waals surface area contributed by atoms with Crippen molar-refractivity contribution in [2.75, 3.05) is 5.43 Å². The molecule has 0 fully saturated rings. The molecule has 1 heterocycles. The van der Waals surface area contributed by atoms with Crippen molar-refractivity contribution in [1.29, 1.82) is 0 Å². The van der Waals surface area contributed by atoms with Crippen molar-refractivity contribution in [3.63, 3.8) is 0 Å². The number of azo groups is 1. The first-order valence-corrected chi connectivity index (χ1v) is 7.19. The maximum Gasteiger partial charge on any atom is 0.201 e. The quantitative estimate of drug-likeness (QED) is 0.327. The Bertz CT molecular complexity index is 805. The molecule has 0 aliphatic carbocycles. The Labute approximate surface area is 134 Å². The summed E-state index contributed by atoms with van der Waals surface area (Å²) in [7, 11) is 0. The van der Waals surface area contributed by atoms with E-state index in [0.29, 0.717) is 11.7 Å². The van der Waals surface area contributed by atoms with Gasteiger partial charge in [-0.2, -0.15) is 10.2 Å². The van der Waals surface area contributed by atoms with E-state index in [1.54, 1.807) is 0 Å². The van der Waals surface area contributed by atoms with Gasteiger partial charge in [0.25, 0.3) is 0 Å². The number of rotatable bonds is 4. The van der Waals surface area contributed by atoms with Crippen molar-refractivity contribution in [3.8, 4) is 0 Å². The number of aryl methyl sites for hydroxylation is 1. The molecule has 3 aromatic rings. The first kappa shape index (κ1) is 14.6. The van der Waals surface area contributed by atoms with Crippen LogP contribution in [-0.4, -0.2) is 16.0 Å². The summed E-state index contributed by atoms with van der Waals surface area (Å²) >= 11 is 0. The summed E-state index contributed by atoms with van der Waals surface area (Å²) in [5.41, 5.74) is 5.67. The number of nitrogens with zero attached hydrogens (tertiary/aromatic N) is 4. The number of H-pyrrole nitrogens is 1. The standard InChI is InChI=1S/C17H16N6/c1-13-12-16(20-18-13)21-23-17(14-8-4-2-5-9-14)22-19-15-10-6-3-7-11-15/h2-12,19H,1H3,(H,18,20)/b22-17-,23-21?. The number of aromatic nitrogens is 2. The van der Waals surface area contributed by atoms with E-state index in [9.17, 15) is 0 Å². The van der Waals surface area contributed by atoms with E-state index in [2.05, 4.69) is 31.0 Å². The fourth-order valence-electron chi connectivity index (χ4n) is 1.92. The molecule has 6 heteroatoms. The molecule has 0 amide bonds. The zero-order valence-corrected chi connectivity index (χ0v) is 12.6. The fraction of sp³-hybridized carbons (Fsp3) is 0.0588. The molecule has 0 bridgehead atoms. The number of amidine groups is 1. The van der Waals surface area contributed by atoms with Crippen molar-refractivity contribution in [3.05, 3.63) is 78.0 Å². The molecular weight excluding hydrogens is 288 g/mol. The van der Waals surface area contributed by atoms with Crippen LogP contribution in [0.4, 0.5) is 11.5 Å². The molecule has 0 atom stereocenters. The van der Waals surface area contributed by atoms with Crippen LogP contribution in [0.25, 0.3) is 0 Å². The van der Waals surface area contributed by atoms with Crippen LogP contribution >= 0.6 is 0 Å². The van der Waals surface area contributed by atoms with Crippen LogP contribution in [-0.2, 0) is 0 Å². The zero-order chi connectivity index (χ0) is 15.9. The average Bonchev–Trinajstić information content (AvgIpc) is 3.02. The van der Waals surface area contributed by atoms with Gasteiger partial charge in [-0.15, -0.1) is 10.2 Å². The average molecular weight is 304 g/mol. The Hall–Kier alpha value is -3.28. The molecule has 0 saturated heterocycles. The minimum atomic E-state index is 0.482. The highest BCUT2D eigenvalue weighted by molar-refractivity contribution is 5.99. The molecule has 2 aromatic carbocycles. The highest BCUT2D eigenvalue weighted by atomic mass is 15.3. The van der Waals surface area contributed by atoms with Crippen molar-refractivity contribution >= 4 is 17.3 Å². The third-order valence-electron chi connectivity index (χ3n) is 3.04. The van der Waals surface area contributed by atoms with Crippen LogP contribution in [0.15, 0.2) is 82.1 Å². The lowest BCUT2D eigenvalue weighted by Gasteiger charge is -2.02. The Morgan fingerprint density at radius 1 is 1.00 bits per heavy atom. The highest BCUT2D eigenvalue weighted by Gasteiger charge is 2.03. The van der Waals surface area contributed by atoms with Crippen molar-refractivity contribution < 1.29 is 0 Å². The van der Waals surface area contributed by atoms with Crippen LogP contribution < -0.4 is 5.43 Å². The molecule has 114 valence electrons. The molecule has 6 nitrogen and oxygen atoms in total. The van der Waals surface area contributed by atoms with Crippen LogP contribution in [0, 0.1) is 6.92 Å². The van der Waals surface area contributed by atoms with Crippen LogP contribution in [0.5, 0.6) is 0 Å². The van der Waals surface area contributed by atoms with E-state index in [0.717, 1.165) is 16.9 Å². The third kappa shape index (κ3) is 4.10. The number of aromatic amines is 1. The molecule has 0 unspecified atom stereocenters. The second kappa shape index (κ2) is 7.13. The highest BCUT2D eigenvalue weighted by Crippen LogP contribution is 2.12. The predicted molar refractivity (Wildman–Crippen MR) is 90.9 cm³/mol. The van der Waals surface area contributed by atoms with Gasteiger partial charge >= 0.3 is 0 Å². The Kier molecular flexibility index (Phi) is 4.54. The maximum absolute atomic E-state index is 4.35. The van der Waals surface area contributed by atoms with Crippen LogP contribution in [0.3, 0.4) is 0 Å². The molecular formula is C17H16N6. The van der Waals surface area contributed by atoms with Gasteiger partial charge in [0.1, 0.15) is 0 Å². The lowest BCUT2D eigenvalue weighted by Crippen LogP contribution is -2.00. The van der Waals surface area contributed by atoms with Crippen LogP contribution in [0.1, 0.15) is 11.3 Å². The summed E-state index contributed by atoms with van der Waals surface area (Å²) in [6, 6.07) is 21.2. The summed E-state index contributed by atoms with van der Waals surface area (Å²) in [6.45, 7) is 1.91. The summed E-state index contributed by atoms with van der Waals surface area (Å²) < 4.78 is 0. The molecule has 0 aliphatic rings. The van der Waals surface area contributed by atoms with Gasteiger partial charge in [-0.1, -0.05) is 48.5 Å². The monoisotopic (exact) mass is 304 g/mol. The molecule has 23 heavy (non-hydrogen) atoms. The maximum atomic E-state index is 4.35. The van der Waals surface area contributed by atoms with Crippen molar-refractivity contribution in [2.24, 2.45) is 15.3 Å². The van der Waals surface area contributed by atoms with Gasteiger partial charge in [0, 0.05) is 17.3 Å². The Morgan fingerprint density at radius 3 is 2.35 bits per heavy atom. The molecule has 0 radical (unpaired) electrons. The molecule has 0 aliphatic heterocycles. The van der Waals surface area contributed by atoms with Gasteiger partial charge in [-0.3, -0.25) is 10.5 Å². The normalized spacial score (nSPS) is 11.8. The van der Waals surface area contributed by atoms with Crippen LogP contribution in [0.2, 0.25) is 0 Å². The van der Waals surface area contributed by atoms with E-state index in [-0.39, 0.29) is 0 Å². The summed E-state index contributed by atoms with van der Waals surface area (Å²) in [5.74, 6) is 1.00. The van der Waals surface area contributed by atoms with Gasteiger partial charge in [0.05, 0.1) is 5.69 Å².